The molecule has 22 heavy (non-hydrogen) atoms. The number of benzene rings is 1. The van der Waals surface area contributed by atoms with E-state index < -0.39 is 0 Å². The van der Waals surface area contributed by atoms with Crippen molar-refractivity contribution in [3.05, 3.63) is 34.9 Å². The van der Waals surface area contributed by atoms with E-state index in [0.29, 0.717) is 26.0 Å². The maximum atomic E-state index is 11.2. The van der Waals surface area contributed by atoms with Gasteiger partial charge in [0.25, 0.3) is 0 Å². The highest BCUT2D eigenvalue weighted by Crippen LogP contribution is 2.14. The third-order valence-electron chi connectivity index (χ3n) is 3.02. The molecule has 0 radical (unpaired) electrons. The third-order valence-corrected chi connectivity index (χ3v) is 3.39. The molecule has 1 rings (SSSR count). The Morgan fingerprint density at radius 1 is 1.27 bits per heavy atom. The van der Waals surface area contributed by atoms with E-state index in [4.69, 9.17) is 16.3 Å². The monoisotopic (exact) mass is 325 g/mol. The Kier molecular flexibility index (Phi) is 9.07. The van der Waals surface area contributed by atoms with Crippen molar-refractivity contribution in [1.29, 1.82) is 0 Å². The lowest BCUT2D eigenvalue weighted by Crippen LogP contribution is -2.38. The summed E-state index contributed by atoms with van der Waals surface area (Å²) in [7, 11) is 1.72. The van der Waals surface area contributed by atoms with Crippen LogP contribution in [0.1, 0.15) is 25.3 Å². The fraction of sp³-hybridized carbons (Fsp3) is 0.500. The normalized spacial score (nSPS) is 11.1. The summed E-state index contributed by atoms with van der Waals surface area (Å²) in [6.07, 6.45) is 1.95. The summed E-state index contributed by atoms with van der Waals surface area (Å²) in [6.45, 7) is 3.64. The number of esters is 1. The van der Waals surface area contributed by atoms with E-state index in [0.717, 1.165) is 29.5 Å². The van der Waals surface area contributed by atoms with Crippen LogP contribution in [0.5, 0.6) is 0 Å². The Balaban J connectivity index is 2.20. The molecule has 0 atom stereocenters. The minimum absolute atomic E-state index is 0.161. The lowest BCUT2D eigenvalue weighted by atomic mass is 10.1. The van der Waals surface area contributed by atoms with E-state index in [1.54, 1.807) is 14.0 Å². The third kappa shape index (κ3) is 7.31. The second kappa shape index (κ2) is 10.9. The average Bonchev–Trinajstić information content (AvgIpc) is 2.51. The Morgan fingerprint density at radius 2 is 2.00 bits per heavy atom. The second-order valence-corrected chi connectivity index (χ2v) is 5.08. The molecule has 0 aliphatic heterocycles. The topological polar surface area (TPSA) is 62.7 Å². The molecule has 1 aromatic rings. The van der Waals surface area contributed by atoms with Gasteiger partial charge in [-0.1, -0.05) is 29.8 Å². The Morgan fingerprint density at radius 3 is 2.68 bits per heavy atom. The molecule has 0 aliphatic rings. The number of nitrogens with zero attached hydrogens (tertiary/aromatic N) is 1. The zero-order valence-corrected chi connectivity index (χ0v) is 13.9. The molecule has 0 aromatic heterocycles. The molecule has 122 valence electrons. The Bertz CT molecular complexity index is 492. The first-order valence-electron chi connectivity index (χ1n) is 7.51. The van der Waals surface area contributed by atoms with Gasteiger partial charge in [0.15, 0.2) is 5.96 Å². The molecule has 0 aliphatic carbocycles. The fourth-order valence-electron chi connectivity index (χ4n) is 1.91. The van der Waals surface area contributed by atoms with Gasteiger partial charge in [-0.2, -0.15) is 0 Å². The summed E-state index contributed by atoms with van der Waals surface area (Å²) in [5.41, 5.74) is 1.11. The fourth-order valence-corrected chi connectivity index (χ4v) is 2.14. The molecule has 0 saturated heterocycles. The molecule has 0 bridgehead atoms. The number of guanidine groups is 1. The Labute approximate surface area is 137 Å². The van der Waals surface area contributed by atoms with Gasteiger partial charge in [0, 0.05) is 31.6 Å². The van der Waals surface area contributed by atoms with Crippen LogP contribution in [0.3, 0.4) is 0 Å². The standard InChI is InChI=1S/C16H24ClN3O2/c1-3-22-15(21)9-6-11-19-16(18-2)20-12-10-13-7-4-5-8-14(13)17/h4-5,7-8H,3,6,9-12H2,1-2H3,(H2,18,19,20). The number of carbonyl (C=O) groups is 1. The highest BCUT2D eigenvalue weighted by atomic mass is 35.5. The molecule has 2 N–H and O–H groups in total. The molecule has 0 heterocycles. The van der Waals surface area contributed by atoms with Crippen LogP contribution < -0.4 is 10.6 Å². The highest BCUT2D eigenvalue weighted by molar-refractivity contribution is 6.31. The largest absolute Gasteiger partial charge is 0.466 e. The van der Waals surface area contributed by atoms with Crippen molar-refractivity contribution >= 4 is 23.5 Å². The van der Waals surface area contributed by atoms with Gasteiger partial charge in [-0.15, -0.1) is 0 Å². The number of hydrogen-bond donors (Lipinski definition) is 2. The molecule has 0 spiro atoms. The number of hydrogen-bond acceptors (Lipinski definition) is 3. The molecule has 5 nitrogen and oxygen atoms in total. The first-order valence-corrected chi connectivity index (χ1v) is 7.88. The lowest BCUT2D eigenvalue weighted by Gasteiger charge is -2.12. The molecule has 0 amide bonds. The maximum absolute atomic E-state index is 11.2. The van der Waals surface area contributed by atoms with E-state index in [9.17, 15) is 4.79 Å². The quantitative estimate of drug-likeness (QED) is 0.333. The van der Waals surface area contributed by atoms with Gasteiger partial charge in [0.2, 0.25) is 0 Å². The van der Waals surface area contributed by atoms with Crippen molar-refractivity contribution in [2.24, 2.45) is 4.99 Å². The van der Waals surface area contributed by atoms with Gasteiger partial charge in [-0.25, -0.2) is 0 Å². The lowest BCUT2D eigenvalue weighted by molar-refractivity contribution is -0.143. The zero-order chi connectivity index (χ0) is 16.2. The van der Waals surface area contributed by atoms with Gasteiger partial charge in [-0.3, -0.25) is 9.79 Å². The summed E-state index contributed by atoms with van der Waals surface area (Å²) >= 11 is 6.11. The van der Waals surface area contributed by atoms with Crippen molar-refractivity contribution in [3.8, 4) is 0 Å². The summed E-state index contributed by atoms with van der Waals surface area (Å²) < 4.78 is 4.88. The SMILES string of the molecule is CCOC(=O)CCCNC(=NC)NCCc1ccccc1Cl. The molecule has 6 heteroatoms. The van der Waals surface area contributed by atoms with Gasteiger partial charge >= 0.3 is 5.97 Å². The highest BCUT2D eigenvalue weighted by Gasteiger charge is 2.03. The number of aliphatic imine (C=N–C) groups is 1. The van der Waals surface area contributed by atoms with Crippen molar-refractivity contribution in [2.75, 3.05) is 26.7 Å². The van der Waals surface area contributed by atoms with Crippen molar-refractivity contribution in [1.82, 2.24) is 10.6 Å². The summed E-state index contributed by atoms with van der Waals surface area (Å²) in [5, 5.41) is 7.17. The summed E-state index contributed by atoms with van der Waals surface area (Å²) in [6, 6.07) is 7.80. The molecule has 0 saturated carbocycles. The van der Waals surface area contributed by atoms with Crippen molar-refractivity contribution in [3.63, 3.8) is 0 Å². The van der Waals surface area contributed by atoms with Crippen LogP contribution in [0.15, 0.2) is 29.3 Å². The van der Waals surface area contributed by atoms with Crippen LogP contribution in [0.4, 0.5) is 0 Å². The van der Waals surface area contributed by atoms with Gasteiger partial charge in [-0.05, 0) is 31.4 Å². The second-order valence-electron chi connectivity index (χ2n) is 4.68. The maximum Gasteiger partial charge on any atom is 0.305 e. The van der Waals surface area contributed by atoms with Crippen molar-refractivity contribution < 1.29 is 9.53 Å². The summed E-state index contributed by atoms with van der Waals surface area (Å²) in [5.74, 6) is 0.557. The smallest absolute Gasteiger partial charge is 0.305 e. The first-order chi connectivity index (χ1) is 10.7. The van der Waals surface area contributed by atoms with Crippen LogP contribution in [-0.2, 0) is 16.0 Å². The number of rotatable bonds is 8. The van der Waals surface area contributed by atoms with E-state index >= 15 is 0 Å². The predicted octanol–water partition coefficient (Wildman–Crippen LogP) is 2.39. The predicted molar refractivity (Wildman–Crippen MR) is 90.4 cm³/mol. The van der Waals surface area contributed by atoms with Crippen LogP contribution in [0.25, 0.3) is 0 Å². The molecule has 0 unspecified atom stereocenters. The molecule has 1 aromatic carbocycles. The first kappa shape index (κ1) is 18.3. The van der Waals surface area contributed by atoms with Crippen LogP contribution in [0, 0.1) is 0 Å². The Hall–Kier alpha value is -1.75. The van der Waals surface area contributed by atoms with Crippen molar-refractivity contribution in [2.45, 2.75) is 26.2 Å². The van der Waals surface area contributed by atoms with Crippen LogP contribution >= 0.6 is 11.6 Å². The number of carbonyl (C=O) groups excluding carboxylic acids is 1. The molecular formula is C16H24ClN3O2. The van der Waals surface area contributed by atoms with E-state index in [1.165, 1.54) is 0 Å². The van der Waals surface area contributed by atoms with Crippen LogP contribution in [0.2, 0.25) is 5.02 Å². The number of halogens is 1. The van der Waals surface area contributed by atoms with E-state index in [1.807, 2.05) is 24.3 Å². The summed E-state index contributed by atoms with van der Waals surface area (Å²) in [4.78, 5) is 15.3. The van der Waals surface area contributed by atoms with Crippen LogP contribution in [-0.4, -0.2) is 38.7 Å². The molecule has 0 fully saturated rings. The minimum Gasteiger partial charge on any atom is -0.466 e. The molecular weight excluding hydrogens is 302 g/mol. The number of ether oxygens (including phenoxy) is 1. The zero-order valence-electron chi connectivity index (χ0n) is 13.2. The minimum atomic E-state index is -0.161. The van der Waals surface area contributed by atoms with Gasteiger partial charge < -0.3 is 15.4 Å². The average molecular weight is 326 g/mol. The number of nitrogens with one attached hydrogen (secondary N) is 2. The van der Waals surface area contributed by atoms with E-state index in [2.05, 4.69) is 15.6 Å². The van der Waals surface area contributed by atoms with Gasteiger partial charge in [0.05, 0.1) is 6.61 Å². The van der Waals surface area contributed by atoms with E-state index in [-0.39, 0.29) is 5.97 Å². The van der Waals surface area contributed by atoms with Gasteiger partial charge in [0.1, 0.15) is 0 Å².